The van der Waals surface area contributed by atoms with Crippen LogP contribution in [0.1, 0.15) is 19.3 Å². The van der Waals surface area contributed by atoms with E-state index >= 15 is 0 Å². The van der Waals surface area contributed by atoms with E-state index in [1.54, 1.807) is 24.1 Å². The highest BCUT2D eigenvalue weighted by atomic mass is 35.5. The Morgan fingerprint density at radius 1 is 1.09 bits per heavy atom. The minimum Gasteiger partial charge on any atom is -0.494 e. The summed E-state index contributed by atoms with van der Waals surface area (Å²) in [4.78, 5) is 21.8. The molecular weight excluding hydrogens is 482 g/mol. The Morgan fingerprint density at radius 3 is 2.48 bits per heavy atom. The van der Waals surface area contributed by atoms with E-state index in [9.17, 15) is 13.2 Å². The van der Waals surface area contributed by atoms with Crippen molar-refractivity contribution in [2.24, 2.45) is 0 Å². The Morgan fingerprint density at radius 2 is 1.82 bits per heavy atom. The number of thiazole rings is 1. The molecule has 2 aromatic carbocycles. The van der Waals surface area contributed by atoms with Crippen molar-refractivity contribution in [2.75, 3.05) is 44.9 Å². The van der Waals surface area contributed by atoms with Gasteiger partial charge in [0.2, 0.25) is 5.91 Å². The van der Waals surface area contributed by atoms with Crippen LogP contribution in [0.25, 0.3) is 10.2 Å². The molecule has 0 aliphatic heterocycles. The molecule has 0 saturated heterocycles. The first-order valence-electron chi connectivity index (χ1n) is 10.6. The van der Waals surface area contributed by atoms with Gasteiger partial charge in [-0.2, -0.15) is 0 Å². The molecule has 3 aromatic rings. The van der Waals surface area contributed by atoms with Gasteiger partial charge in [-0.25, -0.2) is 13.4 Å². The Hall–Kier alpha value is -2.20. The second-order valence-corrected chi connectivity index (χ2v) is 11.4. The Kier molecular flexibility index (Phi) is 8.69. The topological polar surface area (TPSA) is 79.8 Å². The van der Waals surface area contributed by atoms with Gasteiger partial charge >= 0.3 is 0 Å². The molecule has 0 N–H and O–H groups in total. The van der Waals surface area contributed by atoms with E-state index in [1.165, 1.54) is 23.5 Å². The molecule has 7 nitrogen and oxygen atoms in total. The molecule has 0 radical (unpaired) electrons. The number of amides is 1. The summed E-state index contributed by atoms with van der Waals surface area (Å²) in [5, 5.41) is 1.07. The number of halogens is 1. The number of hydrogen-bond acceptors (Lipinski definition) is 7. The van der Waals surface area contributed by atoms with Crippen LogP contribution in [-0.2, 0) is 14.6 Å². The summed E-state index contributed by atoms with van der Waals surface area (Å²) in [6.45, 7) is 1.33. The zero-order valence-electron chi connectivity index (χ0n) is 19.0. The van der Waals surface area contributed by atoms with Gasteiger partial charge in [0, 0.05) is 18.0 Å². The molecule has 0 unspecified atom stereocenters. The second-order valence-electron chi connectivity index (χ2n) is 7.88. The maximum atomic E-state index is 13.2. The quantitative estimate of drug-likeness (QED) is 0.378. The van der Waals surface area contributed by atoms with Gasteiger partial charge in [0.05, 0.1) is 22.5 Å². The van der Waals surface area contributed by atoms with Gasteiger partial charge in [0.25, 0.3) is 0 Å². The van der Waals surface area contributed by atoms with Gasteiger partial charge in [-0.05, 0) is 69.9 Å². The minimum atomic E-state index is -3.49. The van der Waals surface area contributed by atoms with E-state index in [1.807, 2.05) is 32.3 Å². The number of anilines is 1. The largest absolute Gasteiger partial charge is 0.494 e. The number of ether oxygens (including phenoxy) is 1. The monoisotopic (exact) mass is 509 g/mol. The smallest absolute Gasteiger partial charge is 0.228 e. The van der Waals surface area contributed by atoms with Crippen LogP contribution in [0.3, 0.4) is 0 Å². The Bertz CT molecular complexity index is 1190. The molecule has 0 spiro atoms. The lowest BCUT2D eigenvalue weighted by molar-refractivity contribution is -0.118. The first-order valence-corrected chi connectivity index (χ1v) is 13.4. The molecule has 1 aromatic heterocycles. The first kappa shape index (κ1) is 25.4. The number of rotatable bonds is 11. The molecule has 0 atom stereocenters. The SMILES string of the molecule is COc1cccc2sc(N(CCCN(C)C)C(=O)CCCS(=O)(=O)c3ccc(Cl)cc3)nc12. The molecule has 3 rings (SSSR count). The van der Waals surface area contributed by atoms with Crippen molar-refractivity contribution in [3.8, 4) is 5.75 Å². The van der Waals surface area contributed by atoms with E-state index in [2.05, 4.69) is 9.88 Å². The van der Waals surface area contributed by atoms with Crippen molar-refractivity contribution < 1.29 is 17.9 Å². The molecule has 0 aliphatic carbocycles. The number of methoxy groups -OCH3 is 1. The van der Waals surface area contributed by atoms with Gasteiger partial charge in [-0.3, -0.25) is 9.69 Å². The van der Waals surface area contributed by atoms with Crippen LogP contribution >= 0.6 is 22.9 Å². The maximum absolute atomic E-state index is 13.2. The average Bonchev–Trinajstić information content (AvgIpc) is 3.20. The van der Waals surface area contributed by atoms with Crippen LogP contribution in [0.15, 0.2) is 47.4 Å². The van der Waals surface area contributed by atoms with Crippen LogP contribution < -0.4 is 9.64 Å². The van der Waals surface area contributed by atoms with Crippen molar-refractivity contribution in [2.45, 2.75) is 24.2 Å². The van der Waals surface area contributed by atoms with Crippen molar-refractivity contribution in [3.63, 3.8) is 0 Å². The van der Waals surface area contributed by atoms with Gasteiger partial charge in [0.15, 0.2) is 15.0 Å². The lowest BCUT2D eigenvalue weighted by atomic mass is 10.3. The molecule has 0 fully saturated rings. The third kappa shape index (κ3) is 6.66. The van der Waals surface area contributed by atoms with Crippen molar-refractivity contribution in [3.05, 3.63) is 47.5 Å². The van der Waals surface area contributed by atoms with Gasteiger partial charge < -0.3 is 9.64 Å². The predicted octanol–water partition coefficient (Wildman–Crippen LogP) is 4.50. The summed E-state index contributed by atoms with van der Waals surface area (Å²) in [5.41, 5.74) is 0.718. The normalized spacial score (nSPS) is 11.8. The fourth-order valence-corrected chi connectivity index (χ4v) is 5.84. The molecule has 1 amide bonds. The van der Waals surface area contributed by atoms with E-state index < -0.39 is 9.84 Å². The molecule has 178 valence electrons. The van der Waals surface area contributed by atoms with Gasteiger partial charge in [-0.1, -0.05) is 29.0 Å². The average molecular weight is 510 g/mol. The molecule has 0 bridgehead atoms. The number of fused-ring (bicyclic) bond motifs is 1. The summed E-state index contributed by atoms with van der Waals surface area (Å²) in [7, 11) is 2.07. The van der Waals surface area contributed by atoms with Crippen LogP contribution in [0, 0.1) is 0 Å². The van der Waals surface area contributed by atoms with Crippen LogP contribution in [0.5, 0.6) is 5.75 Å². The van der Waals surface area contributed by atoms with E-state index in [0.717, 1.165) is 23.2 Å². The number of carbonyl (C=O) groups excluding carboxylic acids is 1. The predicted molar refractivity (Wildman–Crippen MR) is 134 cm³/mol. The van der Waals surface area contributed by atoms with Gasteiger partial charge in [-0.15, -0.1) is 0 Å². The minimum absolute atomic E-state index is 0.112. The second kappa shape index (κ2) is 11.3. The highest BCUT2D eigenvalue weighted by Crippen LogP contribution is 2.34. The number of carbonyl (C=O) groups is 1. The number of nitrogens with zero attached hydrogens (tertiary/aromatic N) is 3. The summed E-state index contributed by atoms with van der Waals surface area (Å²) in [6.07, 6.45) is 1.11. The number of hydrogen-bond donors (Lipinski definition) is 0. The maximum Gasteiger partial charge on any atom is 0.228 e. The molecular formula is C23H28ClN3O4S2. The number of para-hydroxylation sites is 1. The lowest BCUT2D eigenvalue weighted by Crippen LogP contribution is -2.33. The Labute approximate surface area is 203 Å². The zero-order valence-corrected chi connectivity index (χ0v) is 21.3. The third-order valence-corrected chi connectivity index (χ3v) is 8.20. The lowest BCUT2D eigenvalue weighted by Gasteiger charge is -2.21. The van der Waals surface area contributed by atoms with E-state index in [0.29, 0.717) is 22.4 Å². The molecule has 1 heterocycles. The van der Waals surface area contributed by atoms with Crippen LogP contribution in [0.4, 0.5) is 5.13 Å². The number of aromatic nitrogens is 1. The molecule has 0 aliphatic rings. The summed E-state index contributed by atoms with van der Waals surface area (Å²) in [6, 6.07) is 11.7. The standard InChI is InChI=1S/C23H28ClN3O4S2/c1-26(2)14-6-15-27(23-25-22-19(31-3)7-4-8-20(22)32-23)21(28)9-5-16-33(29,30)18-12-10-17(24)11-13-18/h4,7-8,10-13H,5-6,9,14-16H2,1-3H3. The van der Waals surface area contributed by atoms with E-state index in [-0.39, 0.29) is 29.4 Å². The van der Waals surface area contributed by atoms with E-state index in [4.69, 9.17) is 16.3 Å². The Balaban J connectivity index is 1.73. The van der Waals surface area contributed by atoms with Gasteiger partial charge in [0.1, 0.15) is 11.3 Å². The first-order chi connectivity index (χ1) is 15.7. The summed E-state index contributed by atoms with van der Waals surface area (Å²) in [5.74, 6) is 0.405. The highest BCUT2D eigenvalue weighted by Gasteiger charge is 2.22. The van der Waals surface area contributed by atoms with Crippen molar-refractivity contribution >= 4 is 54.0 Å². The van der Waals surface area contributed by atoms with Crippen molar-refractivity contribution in [1.82, 2.24) is 9.88 Å². The number of benzene rings is 2. The highest BCUT2D eigenvalue weighted by molar-refractivity contribution is 7.91. The zero-order chi connectivity index (χ0) is 24.0. The van der Waals surface area contributed by atoms with Crippen LogP contribution in [-0.4, -0.2) is 64.3 Å². The molecule has 10 heteroatoms. The number of sulfone groups is 1. The van der Waals surface area contributed by atoms with Crippen LogP contribution in [0.2, 0.25) is 5.02 Å². The molecule has 33 heavy (non-hydrogen) atoms. The summed E-state index contributed by atoms with van der Waals surface area (Å²) < 4.78 is 31.5. The fourth-order valence-electron chi connectivity index (χ4n) is 3.37. The third-order valence-electron chi connectivity index (χ3n) is 5.09. The van der Waals surface area contributed by atoms with Crippen molar-refractivity contribution in [1.29, 1.82) is 0 Å². The molecule has 0 saturated carbocycles. The summed E-state index contributed by atoms with van der Waals surface area (Å²) >= 11 is 7.28. The fraction of sp³-hybridized carbons (Fsp3) is 0.391.